The number of aliphatic hydroxyl groups is 2. The molecule has 0 bridgehead atoms. The summed E-state index contributed by atoms with van der Waals surface area (Å²) in [7, 11) is 0. The number of rotatable bonds is 4. The van der Waals surface area contributed by atoms with Crippen LogP contribution in [0.2, 0.25) is 0 Å². The minimum absolute atomic E-state index is 0.0726. The van der Waals surface area contributed by atoms with Gasteiger partial charge in [-0.2, -0.15) is 0 Å². The smallest absolute Gasteiger partial charge is 0.343 e. The molecule has 3 aromatic rings. The zero-order valence-corrected chi connectivity index (χ0v) is 19.5. The second-order valence-corrected chi connectivity index (χ2v) is 9.68. The summed E-state index contributed by atoms with van der Waals surface area (Å²) in [5.41, 5.74) is 1.86. The molecule has 9 heteroatoms. The van der Waals surface area contributed by atoms with Gasteiger partial charge in [0, 0.05) is 34.7 Å². The van der Waals surface area contributed by atoms with E-state index in [1.807, 2.05) is 6.07 Å². The van der Waals surface area contributed by atoms with E-state index < -0.39 is 11.6 Å². The molecular weight excluding hydrogens is 450 g/mol. The summed E-state index contributed by atoms with van der Waals surface area (Å²) in [6.45, 7) is 3.25. The van der Waals surface area contributed by atoms with Crippen LogP contribution in [0, 0.1) is 0 Å². The van der Waals surface area contributed by atoms with E-state index >= 15 is 0 Å². The summed E-state index contributed by atoms with van der Waals surface area (Å²) < 4.78 is 6.74. The third kappa shape index (κ3) is 3.15. The fourth-order valence-electron chi connectivity index (χ4n) is 5.78. The van der Waals surface area contributed by atoms with Crippen molar-refractivity contribution in [1.29, 1.82) is 0 Å². The van der Waals surface area contributed by atoms with Crippen LogP contribution in [0.5, 0.6) is 5.75 Å². The van der Waals surface area contributed by atoms with Gasteiger partial charge in [-0.05, 0) is 50.1 Å². The van der Waals surface area contributed by atoms with Crippen LogP contribution in [0.4, 0.5) is 0 Å². The van der Waals surface area contributed by atoms with E-state index in [1.54, 1.807) is 29.7 Å². The standard InChI is InChI=1S/C26H27N3O6/c1-2-26(34)19-9-21-23-14(10-29(21)24(32)18(19)13-35-25(26)33)8-16-17(22(31)6-5-20(16)27-23)11-28-7-3-4-15(28)12-30/h5-6,8-9,15,30-31,34H,2-4,7,10-13H2,1H3/t15-,26+/m1/s1. The maximum absolute atomic E-state index is 13.4. The Bertz CT molecular complexity index is 1450. The molecule has 3 aliphatic heterocycles. The highest BCUT2D eigenvalue weighted by Crippen LogP contribution is 2.40. The van der Waals surface area contributed by atoms with Crippen molar-refractivity contribution in [3.63, 3.8) is 0 Å². The van der Waals surface area contributed by atoms with E-state index in [2.05, 4.69) is 4.90 Å². The summed E-state index contributed by atoms with van der Waals surface area (Å²) in [5, 5.41) is 32.3. The average Bonchev–Trinajstić information content (AvgIpc) is 3.46. The summed E-state index contributed by atoms with van der Waals surface area (Å²) >= 11 is 0. The molecule has 9 nitrogen and oxygen atoms in total. The van der Waals surface area contributed by atoms with Gasteiger partial charge in [0.1, 0.15) is 12.4 Å². The fraction of sp³-hybridized carbons (Fsp3) is 0.423. The number of nitrogens with zero attached hydrogens (tertiary/aromatic N) is 3. The van der Waals surface area contributed by atoms with Crippen molar-refractivity contribution in [2.75, 3.05) is 13.2 Å². The van der Waals surface area contributed by atoms with Crippen molar-refractivity contribution in [1.82, 2.24) is 14.5 Å². The summed E-state index contributed by atoms with van der Waals surface area (Å²) in [4.78, 5) is 32.8. The number of aliphatic hydroxyl groups excluding tert-OH is 1. The van der Waals surface area contributed by atoms with Crippen molar-refractivity contribution < 1.29 is 24.9 Å². The van der Waals surface area contributed by atoms with E-state index in [-0.39, 0.29) is 48.1 Å². The number of esters is 1. The van der Waals surface area contributed by atoms with Crippen molar-refractivity contribution in [3.8, 4) is 17.1 Å². The number of hydrogen-bond acceptors (Lipinski definition) is 8. The number of benzene rings is 1. The number of likely N-dealkylation sites (tertiary alicyclic amines) is 1. The molecule has 3 N–H and O–H groups in total. The third-order valence-electron chi connectivity index (χ3n) is 7.85. The van der Waals surface area contributed by atoms with Crippen LogP contribution in [-0.2, 0) is 34.8 Å². The number of ether oxygens (including phenoxy) is 1. The summed E-state index contributed by atoms with van der Waals surface area (Å²) in [6, 6.07) is 7.12. The molecule has 1 aromatic carbocycles. The molecular formula is C26H27N3O6. The lowest BCUT2D eigenvalue weighted by Gasteiger charge is -2.31. The fourth-order valence-corrected chi connectivity index (χ4v) is 5.78. The maximum Gasteiger partial charge on any atom is 0.343 e. The number of phenols is 1. The maximum atomic E-state index is 13.4. The highest BCUT2D eigenvalue weighted by molar-refractivity contribution is 5.89. The molecule has 0 saturated carbocycles. The Hall–Kier alpha value is -3.27. The molecule has 0 radical (unpaired) electrons. The van der Waals surface area contributed by atoms with Crippen LogP contribution >= 0.6 is 0 Å². The van der Waals surface area contributed by atoms with Gasteiger partial charge in [0.25, 0.3) is 5.56 Å². The van der Waals surface area contributed by atoms with E-state index in [9.17, 15) is 24.9 Å². The third-order valence-corrected chi connectivity index (χ3v) is 7.85. The normalized spacial score (nSPS) is 23.3. The molecule has 2 atom stereocenters. The Balaban J connectivity index is 1.49. The lowest BCUT2D eigenvalue weighted by atomic mass is 9.86. The van der Waals surface area contributed by atoms with Crippen LogP contribution < -0.4 is 5.56 Å². The van der Waals surface area contributed by atoms with Gasteiger partial charge in [0.05, 0.1) is 35.6 Å². The number of fused-ring (bicyclic) bond motifs is 5. The zero-order valence-electron chi connectivity index (χ0n) is 19.5. The van der Waals surface area contributed by atoms with Crippen LogP contribution in [0.25, 0.3) is 22.3 Å². The van der Waals surface area contributed by atoms with Crippen molar-refractivity contribution in [3.05, 3.63) is 56.9 Å². The zero-order chi connectivity index (χ0) is 24.5. The highest BCUT2D eigenvalue weighted by atomic mass is 16.6. The summed E-state index contributed by atoms with van der Waals surface area (Å²) in [6.07, 6.45) is 2.02. The predicted octanol–water partition coefficient (Wildman–Crippen LogP) is 1.74. The Labute approximate surface area is 201 Å². The van der Waals surface area contributed by atoms with Gasteiger partial charge in [0.2, 0.25) is 0 Å². The first kappa shape index (κ1) is 22.2. The molecule has 3 aliphatic rings. The number of aromatic nitrogens is 2. The Morgan fingerprint density at radius 1 is 1.26 bits per heavy atom. The highest BCUT2D eigenvalue weighted by Gasteiger charge is 2.45. The molecule has 0 amide bonds. The second kappa shape index (κ2) is 7.87. The molecule has 2 aromatic heterocycles. The van der Waals surface area contributed by atoms with E-state index in [0.717, 1.165) is 35.9 Å². The van der Waals surface area contributed by atoms with Gasteiger partial charge in [-0.15, -0.1) is 0 Å². The first-order chi connectivity index (χ1) is 16.9. The molecule has 1 fully saturated rings. The molecule has 5 heterocycles. The van der Waals surface area contributed by atoms with Gasteiger partial charge in [-0.25, -0.2) is 9.78 Å². The van der Waals surface area contributed by atoms with Gasteiger partial charge in [-0.1, -0.05) is 6.92 Å². The molecule has 6 rings (SSSR count). The molecule has 182 valence electrons. The van der Waals surface area contributed by atoms with E-state index in [0.29, 0.717) is 30.0 Å². The van der Waals surface area contributed by atoms with Crippen molar-refractivity contribution in [2.24, 2.45) is 0 Å². The van der Waals surface area contributed by atoms with Gasteiger partial charge < -0.3 is 24.6 Å². The topological polar surface area (TPSA) is 125 Å². The van der Waals surface area contributed by atoms with E-state index in [4.69, 9.17) is 9.72 Å². The van der Waals surface area contributed by atoms with Gasteiger partial charge >= 0.3 is 5.97 Å². The van der Waals surface area contributed by atoms with Crippen LogP contribution in [-0.4, -0.2) is 54.9 Å². The average molecular weight is 478 g/mol. The Kier molecular flexibility index (Phi) is 5.00. The number of hydrogen-bond donors (Lipinski definition) is 3. The number of carbonyl (C=O) groups excluding carboxylic acids is 1. The molecule has 0 aliphatic carbocycles. The SMILES string of the molecule is CC[C@@]1(O)C(=O)OCc2c1cc1n(c2=O)Cc2cc3c(CN4CCC[C@@H]4CO)c(O)ccc3nc2-1. The number of phenolic OH excluding ortho intramolecular Hbond substituents is 1. The number of aromatic hydroxyl groups is 1. The lowest BCUT2D eigenvalue weighted by molar-refractivity contribution is -0.172. The lowest BCUT2D eigenvalue weighted by Crippen LogP contribution is -2.44. The number of cyclic esters (lactones) is 1. The molecule has 35 heavy (non-hydrogen) atoms. The molecule has 0 unspecified atom stereocenters. The van der Waals surface area contributed by atoms with Gasteiger partial charge in [0.15, 0.2) is 5.60 Å². The van der Waals surface area contributed by atoms with E-state index in [1.165, 1.54) is 0 Å². The summed E-state index contributed by atoms with van der Waals surface area (Å²) in [5.74, 6) is -0.570. The Morgan fingerprint density at radius 3 is 2.86 bits per heavy atom. The molecule has 0 spiro atoms. The van der Waals surface area contributed by atoms with Crippen LogP contribution in [0.15, 0.2) is 29.1 Å². The minimum Gasteiger partial charge on any atom is -0.508 e. The first-order valence-corrected chi connectivity index (χ1v) is 12.0. The molecule has 1 saturated heterocycles. The number of carbonyl (C=O) groups is 1. The van der Waals surface area contributed by atoms with Crippen molar-refractivity contribution >= 4 is 16.9 Å². The Morgan fingerprint density at radius 2 is 2.09 bits per heavy atom. The van der Waals surface area contributed by atoms with Crippen molar-refractivity contribution in [2.45, 2.75) is 57.5 Å². The van der Waals surface area contributed by atoms with Crippen LogP contribution in [0.3, 0.4) is 0 Å². The quantitative estimate of drug-likeness (QED) is 0.380. The first-order valence-electron chi connectivity index (χ1n) is 12.0. The predicted molar refractivity (Wildman–Crippen MR) is 127 cm³/mol. The second-order valence-electron chi connectivity index (χ2n) is 9.68. The van der Waals surface area contributed by atoms with Crippen LogP contribution in [0.1, 0.15) is 48.4 Å². The minimum atomic E-state index is -1.86. The monoisotopic (exact) mass is 477 g/mol. The number of pyridine rings is 2. The largest absolute Gasteiger partial charge is 0.508 e. The van der Waals surface area contributed by atoms with Gasteiger partial charge in [-0.3, -0.25) is 9.69 Å².